The summed E-state index contributed by atoms with van der Waals surface area (Å²) in [5.74, 6) is 2.18. The van der Waals surface area contributed by atoms with Crippen molar-refractivity contribution in [1.82, 2.24) is 19.8 Å². The third-order valence-electron chi connectivity index (χ3n) is 5.23. The van der Waals surface area contributed by atoms with Crippen LogP contribution in [0.1, 0.15) is 66.3 Å². The first kappa shape index (κ1) is 17.8. The summed E-state index contributed by atoms with van der Waals surface area (Å²) in [6.07, 6.45) is 2.74. The van der Waals surface area contributed by atoms with Crippen molar-refractivity contribution >= 4 is 11.8 Å². The number of aryl methyl sites for hydroxylation is 1. The molecule has 0 unspecified atom stereocenters. The number of fused-ring (bicyclic) bond motifs is 1. The second-order valence-electron chi connectivity index (χ2n) is 7.77. The molecule has 27 heavy (non-hydrogen) atoms. The monoisotopic (exact) mass is 370 g/mol. The van der Waals surface area contributed by atoms with Crippen LogP contribution in [-0.4, -0.2) is 32.8 Å². The number of carbonyl (C=O) groups excluding carboxylic acids is 2. The molecule has 2 aromatic heterocycles. The molecule has 0 atom stereocenters. The van der Waals surface area contributed by atoms with Crippen molar-refractivity contribution in [2.24, 2.45) is 5.92 Å². The topological polar surface area (TPSA) is 80.4 Å². The highest BCUT2D eigenvalue weighted by molar-refractivity contribution is 5.91. The van der Waals surface area contributed by atoms with Crippen molar-refractivity contribution in [2.45, 2.75) is 59.2 Å². The van der Waals surface area contributed by atoms with Crippen LogP contribution in [0.3, 0.4) is 0 Å². The van der Waals surface area contributed by atoms with Crippen LogP contribution < -0.4 is 5.32 Å². The van der Waals surface area contributed by atoms with Gasteiger partial charge in [0, 0.05) is 30.6 Å². The number of carbonyl (C=O) groups is 2. The quantitative estimate of drug-likeness (QED) is 0.877. The Morgan fingerprint density at radius 1 is 1.33 bits per heavy atom. The van der Waals surface area contributed by atoms with Gasteiger partial charge in [-0.25, -0.2) is 4.98 Å². The molecule has 1 N–H and O–H groups in total. The molecule has 7 nitrogen and oxygen atoms in total. The van der Waals surface area contributed by atoms with Crippen LogP contribution in [0.2, 0.25) is 0 Å². The van der Waals surface area contributed by atoms with E-state index in [9.17, 15) is 9.59 Å². The predicted molar refractivity (Wildman–Crippen MR) is 99.1 cm³/mol. The molecular weight excluding hydrogens is 344 g/mol. The summed E-state index contributed by atoms with van der Waals surface area (Å²) >= 11 is 0. The molecular formula is C20H26N4O3. The lowest BCUT2D eigenvalue weighted by Gasteiger charge is -2.28. The lowest BCUT2D eigenvalue weighted by atomic mass is 10.1. The molecule has 2 aromatic rings. The van der Waals surface area contributed by atoms with Gasteiger partial charge in [-0.05, 0) is 45.7 Å². The Balaban J connectivity index is 1.53. The van der Waals surface area contributed by atoms with E-state index in [1.54, 1.807) is 0 Å². The smallest absolute Gasteiger partial charge is 0.287 e. The molecule has 0 spiro atoms. The average Bonchev–Trinajstić information content (AvgIpc) is 3.29. The fourth-order valence-corrected chi connectivity index (χ4v) is 3.72. The SMILES string of the molecule is Cc1ccc(CNC(=O)c2nc3c(n2C(C)C)CCN(C(=O)C2CC2)C3)o1. The molecule has 4 rings (SSSR count). The largest absolute Gasteiger partial charge is 0.465 e. The molecule has 144 valence electrons. The van der Waals surface area contributed by atoms with Crippen LogP contribution in [-0.2, 0) is 24.3 Å². The minimum absolute atomic E-state index is 0.124. The number of rotatable bonds is 5. The fourth-order valence-electron chi connectivity index (χ4n) is 3.72. The Hall–Kier alpha value is -2.57. The number of nitrogens with one attached hydrogen (secondary N) is 1. The highest BCUT2D eigenvalue weighted by atomic mass is 16.3. The van der Waals surface area contributed by atoms with Gasteiger partial charge in [0.1, 0.15) is 11.5 Å². The first-order valence-electron chi connectivity index (χ1n) is 9.66. The summed E-state index contributed by atoms with van der Waals surface area (Å²) in [5, 5.41) is 2.90. The summed E-state index contributed by atoms with van der Waals surface area (Å²) in [6.45, 7) is 7.51. The van der Waals surface area contributed by atoms with E-state index >= 15 is 0 Å². The van der Waals surface area contributed by atoms with Crippen LogP contribution in [0.25, 0.3) is 0 Å². The third kappa shape index (κ3) is 3.50. The molecule has 0 radical (unpaired) electrons. The van der Waals surface area contributed by atoms with Crippen molar-refractivity contribution in [3.05, 3.63) is 40.9 Å². The van der Waals surface area contributed by atoms with E-state index in [1.807, 2.05) is 28.5 Å². The number of imidazole rings is 1. The van der Waals surface area contributed by atoms with Gasteiger partial charge < -0.3 is 19.2 Å². The molecule has 0 aromatic carbocycles. The second-order valence-corrected chi connectivity index (χ2v) is 7.77. The van der Waals surface area contributed by atoms with Crippen molar-refractivity contribution in [2.75, 3.05) is 6.54 Å². The third-order valence-corrected chi connectivity index (χ3v) is 5.23. The summed E-state index contributed by atoms with van der Waals surface area (Å²) in [5.41, 5.74) is 1.92. The molecule has 1 aliphatic carbocycles. The van der Waals surface area contributed by atoms with Gasteiger partial charge in [0.25, 0.3) is 5.91 Å². The highest BCUT2D eigenvalue weighted by Gasteiger charge is 2.36. The van der Waals surface area contributed by atoms with E-state index in [0.717, 1.165) is 42.2 Å². The summed E-state index contributed by atoms with van der Waals surface area (Å²) in [4.78, 5) is 31.7. The minimum Gasteiger partial charge on any atom is -0.465 e. The number of nitrogens with zero attached hydrogens (tertiary/aromatic N) is 3. The molecule has 1 saturated carbocycles. The standard InChI is InChI=1S/C20H26N4O3/c1-12(2)24-17-8-9-23(20(26)14-5-6-14)11-16(17)22-18(24)19(25)21-10-15-7-4-13(3)27-15/h4,7,12,14H,5-6,8-11H2,1-3H3,(H,21,25). The predicted octanol–water partition coefficient (Wildman–Crippen LogP) is 2.59. The van der Waals surface area contributed by atoms with Gasteiger partial charge in [-0.15, -0.1) is 0 Å². The van der Waals surface area contributed by atoms with Gasteiger partial charge in [0.05, 0.1) is 18.8 Å². The van der Waals surface area contributed by atoms with Gasteiger partial charge in [-0.2, -0.15) is 0 Å². The summed E-state index contributed by atoms with van der Waals surface area (Å²) < 4.78 is 7.52. The lowest BCUT2D eigenvalue weighted by molar-refractivity contribution is -0.133. The van der Waals surface area contributed by atoms with E-state index in [-0.39, 0.29) is 23.8 Å². The molecule has 7 heteroatoms. The van der Waals surface area contributed by atoms with Crippen LogP contribution in [0.4, 0.5) is 0 Å². The number of furan rings is 1. The Kier molecular flexibility index (Phi) is 4.53. The van der Waals surface area contributed by atoms with E-state index in [1.165, 1.54) is 0 Å². The molecule has 1 fully saturated rings. The number of hydrogen-bond acceptors (Lipinski definition) is 4. The number of amides is 2. The fraction of sp³-hybridized carbons (Fsp3) is 0.550. The van der Waals surface area contributed by atoms with Gasteiger partial charge >= 0.3 is 0 Å². The van der Waals surface area contributed by atoms with Gasteiger partial charge in [0.15, 0.2) is 5.82 Å². The van der Waals surface area contributed by atoms with Crippen LogP contribution in [0.15, 0.2) is 16.5 Å². The number of hydrogen-bond donors (Lipinski definition) is 1. The summed E-state index contributed by atoms with van der Waals surface area (Å²) in [7, 11) is 0. The first-order chi connectivity index (χ1) is 12.9. The van der Waals surface area contributed by atoms with E-state index in [2.05, 4.69) is 24.1 Å². The molecule has 3 heterocycles. The van der Waals surface area contributed by atoms with Gasteiger partial charge in [-0.3, -0.25) is 9.59 Å². The van der Waals surface area contributed by atoms with Crippen LogP contribution in [0, 0.1) is 12.8 Å². The van der Waals surface area contributed by atoms with E-state index in [0.29, 0.717) is 25.5 Å². The number of aromatic nitrogens is 2. The minimum atomic E-state index is -0.216. The molecule has 0 bridgehead atoms. The van der Waals surface area contributed by atoms with E-state index < -0.39 is 0 Å². The van der Waals surface area contributed by atoms with Crippen molar-refractivity contribution in [3.8, 4) is 0 Å². The maximum atomic E-state index is 12.8. The first-order valence-corrected chi connectivity index (χ1v) is 9.66. The van der Waals surface area contributed by atoms with Crippen LogP contribution in [0.5, 0.6) is 0 Å². The van der Waals surface area contributed by atoms with Crippen molar-refractivity contribution in [1.29, 1.82) is 0 Å². The Morgan fingerprint density at radius 2 is 2.11 bits per heavy atom. The normalized spacial score (nSPS) is 16.5. The molecule has 1 aliphatic heterocycles. The van der Waals surface area contributed by atoms with Gasteiger partial charge in [0.2, 0.25) is 5.91 Å². The zero-order valence-corrected chi connectivity index (χ0v) is 16.1. The second kappa shape index (κ2) is 6.87. The molecule has 2 aliphatic rings. The maximum Gasteiger partial charge on any atom is 0.287 e. The Labute approximate surface area is 158 Å². The van der Waals surface area contributed by atoms with Gasteiger partial charge in [-0.1, -0.05) is 0 Å². The van der Waals surface area contributed by atoms with Crippen molar-refractivity contribution in [3.63, 3.8) is 0 Å². The lowest BCUT2D eigenvalue weighted by Crippen LogP contribution is -2.37. The highest BCUT2D eigenvalue weighted by Crippen LogP contribution is 2.33. The Bertz CT molecular complexity index is 876. The van der Waals surface area contributed by atoms with E-state index in [4.69, 9.17) is 4.42 Å². The zero-order chi connectivity index (χ0) is 19.1. The maximum absolute atomic E-state index is 12.8. The van der Waals surface area contributed by atoms with Crippen molar-refractivity contribution < 1.29 is 14.0 Å². The average molecular weight is 370 g/mol. The zero-order valence-electron chi connectivity index (χ0n) is 16.1. The van der Waals surface area contributed by atoms with Crippen LogP contribution >= 0.6 is 0 Å². The molecule has 2 amide bonds. The Morgan fingerprint density at radius 3 is 2.74 bits per heavy atom. The molecule has 0 saturated heterocycles. The summed E-state index contributed by atoms with van der Waals surface area (Å²) in [6, 6.07) is 3.86.